The van der Waals surface area contributed by atoms with Crippen LogP contribution in [0, 0.1) is 11.3 Å². The lowest BCUT2D eigenvalue weighted by Crippen LogP contribution is -2.22. The number of aromatic nitrogens is 3. The number of carbonyl (C=O) groups is 1. The third-order valence-corrected chi connectivity index (χ3v) is 3.51. The number of likely N-dealkylation sites (N-methyl/N-ethyl adjacent to an activating group) is 1. The van der Waals surface area contributed by atoms with Gasteiger partial charge in [0.05, 0.1) is 11.9 Å². The molecule has 2 aromatic heterocycles. The number of H-pyrrole nitrogens is 1. The van der Waals surface area contributed by atoms with Crippen molar-refractivity contribution in [1.29, 1.82) is 5.26 Å². The lowest BCUT2D eigenvalue weighted by Gasteiger charge is -2.08. The maximum absolute atomic E-state index is 12.0. The molecule has 2 heterocycles. The number of benzene rings is 1. The molecule has 0 atom stereocenters. The summed E-state index contributed by atoms with van der Waals surface area (Å²) in [6, 6.07) is 11.3. The normalized spacial score (nSPS) is 11.3. The van der Waals surface area contributed by atoms with Gasteiger partial charge in [0, 0.05) is 25.9 Å². The van der Waals surface area contributed by atoms with Crippen molar-refractivity contribution >= 4 is 23.1 Å². The van der Waals surface area contributed by atoms with E-state index < -0.39 is 0 Å². The molecule has 1 amide bonds. The van der Waals surface area contributed by atoms with Crippen LogP contribution in [0.4, 0.5) is 0 Å². The van der Waals surface area contributed by atoms with Crippen LogP contribution >= 0.6 is 0 Å². The predicted molar refractivity (Wildman–Crippen MR) is 91.6 cm³/mol. The zero-order chi connectivity index (χ0) is 17.1. The van der Waals surface area contributed by atoms with Gasteiger partial charge in [-0.3, -0.25) is 4.79 Å². The van der Waals surface area contributed by atoms with Gasteiger partial charge in [-0.2, -0.15) is 5.26 Å². The molecule has 1 aromatic carbocycles. The fourth-order valence-electron chi connectivity index (χ4n) is 2.31. The van der Waals surface area contributed by atoms with Crippen molar-refractivity contribution < 1.29 is 4.79 Å². The molecule has 0 radical (unpaired) electrons. The van der Waals surface area contributed by atoms with Crippen LogP contribution in [0.2, 0.25) is 0 Å². The van der Waals surface area contributed by atoms with Crippen LogP contribution in [0.5, 0.6) is 0 Å². The average Bonchev–Trinajstić information content (AvgIpc) is 3.07. The molecular formula is C18H15N5O. The fraction of sp³-hybridized carbons (Fsp3) is 0.111. The highest BCUT2D eigenvalue weighted by atomic mass is 16.2. The zero-order valence-electron chi connectivity index (χ0n) is 13.3. The second-order valence-corrected chi connectivity index (χ2v) is 5.46. The van der Waals surface area contributed by atoms with Crippen LogP contribution in [-0.2, 0) is 4.79 Å². The van der Waals surface area contributed by atoms with Gasteiger partial charge in [0.15, 0.2) is 5.65 Å². The highest BCUT2D eigenvalue weighted by molar-refractivity contribution is 6.01. The highest BCUT2D eigenvalue weighted by Gasteiger charge is 2.11. The summed E-state index contributed by atoms with van der Waals surface area (Å²) in [5.74, 6) is -0.323. The van der Waals surface area contributed by atoms with Crippen LogP contribution in [0.1, 0.15) is 5.56 Å². The second kappa shape index (κ2) is 6.34. The quantitative estimate of drug-likeness (QED) is 0.594. The van der Waals surface area contributed by atoms with Crippen molar-refractivity contribution in [3.63, 3.8) is 0 Å². The Kier molecular flexibility index (Phi) is 4.08. The van der Waals surface area contributed by atoms with Gasteiger partial charge in [-0.05, 0) is 23.8 Å². The number of nitrogens with zero attached hydrogens (tertiary/aromatic N) is 4. The Hall–Kier alpha value is -3.46. The van der Waals surface area contributed by atoms with Gasteiger partial charge in [0.1, 0.15) is 17.2 Å². The van der Waals surface area contributed by atoms with E-state index in [1.165, 1.54) is 4.90 Å². The second-order valence-electron chi connectivity index (χ2n) is 5.46. The first-order valence-corrected chi connectivity index (χ1v) is 7.32. The van der Waals surface area contributed by atoms with E-state index in [2.05, 4.69) is 15.0 Å². The summed E-state index contributed by atoms with van der Waals surface area (Å²) >= 11 is 0. The van der Waals surface area contributed by atoms with Crippen molar-refractivity contribution in [2.24, 2.45) is 0 Å². The van der Waals surface area contributed by atoms with E-state index in [9.17, 15) is 10.1 Å². The van der Waals surface area contributed by atoms with Crippen molar-refractivity contribution in [1.82, 2.24) is 19.9 Å². The molecule has 6 heteroatoms. The minimum absolute atomic E-state index is 0.0873. The number of carbonyl (C=O) groups excluding carboxylic acids is 1. The Balaban J connectivity index is 1.99. The molecule has 1 N–H and O–H groups in total. The van der Waals surface area contributed by atoms with Crippen LogP contribution < -0.4 is 0 Å². The zero-order valence-corrected chi connectivity index (χ0v) is 13.3. The molecule has 0 fully saturated rings. The standard InChI is InChI=1S/C18H15N5O/c1-23(2)18(24)14(10-19)9-12-4-3-5-13(8-12)16-11-21-17-15(22-16)6-7-20-17/h3-9,11H,1-2H3,(H,20,21)/b14-9+. The van der Waals surface area contributed by atoms with Gasteiger partial charge in [-0.25, -0.2) is 9.97 Å². The molecule has 0 bridgehead atoms. The maximum Gasteiger partial charge on any atom is 0.264 e. The summed E-state index contributed by atoms with van der Waals surface area (Å²) in [7, 11) is 3.23. The number of hydrogen-bond donors (Lipinski definition) is 1. The predicted octanol–water partition coefficient (Wildman–Crippen LogP) is 2.62. The molecule has 0 saturated heterocycles. The minimum atomic E-state index is -0.323. The Morgan fingerprint density at radius 3 is 2.92 bits per heavy atom. The Morgan fingerprint density at radius 1 is 1.33 bits per heavy atom. The summed E-state index contributed by atoms with van der Waals surface area (Å²) in [5.41, 5.74) is 3.97. The summed E-state index contributed by atoms with van der Waals surface area (Å²) < 4.78 is 0. The first-order valence-electron chi connectivity index (χ1n) is 7.32. The van der Waals surface area contributed by atoms with Crippen molar-refractivity contribution in [2.75, 3.05) is 14.1 Å². The molecule has 0 aliphatic rings. The molecule has 0 aliphatic carbocycles. The summed E-state index contributed by atoms with van der Waals surface area (Å²) in [5, 5.41) is 9.20. The lowest BCUT2D eigenvalue weighted by molar-refractivity contribution is -0.124. The minimum Gasteiger partial charge on any atom is -0.345 e. The van der Waals surface area contributed by atoms with Gasteiger partial charge < -0.3 is 9.88 Å². The first-order chi connectivity index (χ1) is 11.6. The molecule has 0 unspecified atom stereocenters. The number of amides is 1. The molecule has 24 heavy (non-hydrogen) atoms. The summed E-state index contributed by atoms with van der Waals surface area (Å²) in [6.07, 6.45) is 5.06. The topological polar surface area (TPSA) is 85.7 Å². The molecule has 0 aliphatic heterocycles. The fourth-order valence-corrected chi connectivity index (χ4v) is 2.31. The number of hydrogen-bond acceptors (Lipinski definition) is 4. The highest BCUT2D eigenvalue weighted by Crippen LogP contribution is 2.21. The van der Waals surface area contributed by atoms with Gasteiger partial charge in [0.25, 0.3) is 5.91 Å². The van der Waals surface area contributed by atoms with E-state index in [0.717, 1.165) is 28.0 Å². The molecule has 3 rings (SSSR count). The smallest absolute Gasteiger partial charge is 0.264 e. The molecule has 118 valence electrons. The van der Waals surface area contributed by atoms with Crippen LogP contribution in [0.3, 0.4) is 0 Å². The monoisotopic (exact) mass is 317 g/mol. The van der Waals surface area contributed by atoms with E-state index in [1.807, 2.05) is 36.4 Å². The molecular weight excluding hydrogens is 302 g/mol. The van der Waals surface area contributed by atoms with E-state index in [1.54, 1.807) is 32.6 Å². The van der Waals surface area contributed by atoms with E-state index in [-0.39, 0.29) is 11.5 Å². The molecule has 0 spiro atoms. The third-order valence-electron chi connectivity index (χ3n) is 3.51. The van der Waals surface area contributed by atoms with E-state index in [4.69, 9.17) is 0 Å². The van der Waals surface area contributed by atoms with Crippen molar-refractivity contribution in [3.05, 3.63) is 53.9 Å². The van der Waals surface area contributed by atoms with Gasteiger partial charge in [-0.1, -0.05) is 18.2 Å². The van der Waals surface area contributed by atoms with E-state index in [0.29, 0.717) is 0 Å². The molecule has 3 aromatic rings. The summed E-state index contributed by atoms with van der Waals surface area (Å²) in [6.45, 7) is 0. The van der Waals surface area contributed by atoms with Gasteiger partial charge in [0.2, 0.25) is 0 Å². The lowest BCUT2D eigenvalue weighted by atomic mass is 10.1. The van der Waals surface area contributed by atoms with Crippen LogP contribution in [-0.4, -0.2) is 39.9 Å². The molecule has 6 nitrogen and oxygen atoms in total. The number of nitriles is 1. The maximum atomic E-state index is 12.0. The van der Waals surface area contributed by atoms with Crippen molar-refractivity contribution in [3.8, 4) is 17.3 Å². The Bertz CT molecular complexity index is 978. The third kappa shape index (κ3) is 3.01. The average molecular weight is 317 g/mol. The number of nitrogens with one attached hydrogen (secondary N) is 1. The Morgan fingerprint density at radius 2 is 2.17 bits per heavy atom. The van der Waals surface area contributed by atoms with Crippen LogP contribution in [0.15, 0.2) is 48.3 Å². The number of aromatic amines is 1. The SMILES string of the molecule is CN(C)C(=O)/C(C#N)=C/c1cccc(-c2cnc3[nH]ccc3n2)c1. The van der Waals surface area contributed by atoms with Gasteiger partial charge >= 0.3 is 0 Å². The number of fused-ring (bicyclic) bond motifs is 1. The Labute approximate surface area is 139 Å². The summed E-state index contributed by atoms with van der Waals surface area (Å²) in [4.78, 5) is 25.2. The number of rotatable bonds is 3. The van der Waals surface area contributed by atoms with Crippen LogP contribution in [0.25, 0.3) is 28.5 Å². The van der Waals surface area contributed by atoms with E-state index >= 15 is 0 Å². The largest absolute Gasteiger partial charge is 0.345 e. The van der Waals surface area contributed by atoms with Gasteiger partial charge in [-0.15, -0.1) is 0 Å². The van der Waals surface area contributed by atoms with Crippen molar-refractivity contribution in [2.45, 2.75) is 0 Å². The molecule has 0 saturated carbocycles. The first kappa shape index (κ1) is 15.4.